The Morgan fingerprint density at radius 2 is 2.16 bits per heavy atom. The van der Waals surface area contributed by atoms with Crippen molar-refractivity contribution >= 4 is 15.7 Å². The van der Waals surface area contributed by atoms with Gasteiger partial charge in [0.25, 0.3) is 0 Å². The van der Waals surface area contributed by atoms with Crippen LogP contribution in [0.3, 0.4) is 0 Å². The zero-order valence-corrected chi connectivity index (χ0v) is 15.2. The number of rotatable bonds is 5. The molecule has 2 saturated heterocycles. The lowest BCUT2D eigenvalue weighted by Gasteiger charge is -2.50. The van der Waals surface area contributed by atoms with E-state index in [1.807, 2.05) is 18.2 Å². The number of nitrogens with zero attached hydrogens (tertiary/aromatic N) is 2. The summed E-state index contributed by atoms with van der Waals surface area (Å²) < 4.78 is 30.2. The van der Waals surface area contributed by atoms with Gasteiger partial charge in [-0.25, -0.2) is 8.42 Å². The van der Waals surface area contributed by atoms with Crippen molar-refractivity contribution in [2.75, 3.05) is 25.4 Å². The van der Waals surface area contributed by atoms with Crippen molar-refractivity contribution in [1.29, 1.82) is 0 Å². The van der Waals surface area contributed by atoms with Gasteiger partial charge < -0.3 is 9.64 Å². The number of aromatic nitrogens is 1. The van der Waals surface area contributed by atoms with E-state index in [1.165, 1.54) is 0 Å². The van der Waals surface area contributed by atoms with Crippen LogP contribution in [-0.4, -0.2) is 54.4 Å². The molecule has 0 aromatic carbocycles. The number of carbonyl (C=O) groups excluding carboxylic acids is 1. The number of amides is 1. The molecule has 3 atom stereocenters. The third-order valence-corrected chi connectivity index (χ3v) is 8.65. The van der Waals surface area contributed by atoms with E-state index < -0.39 is 14.6 Å². The summed E-state index contributed by atoms with van der Waals surface area (Å²) in [6.07, 6.45) is 3.27. The maximum absolute atomic E-state index is 12.6. The second-order valence-electron chi connectivity index (χ2n) is 7.72. The third-order valence-electron chi connectivity index (χ3n) is 6.05. The Bertz CT molecular complexity index is 759. The summed E-state index contributed by atoms with van der Waals surface area (Å²) in [5.41, 5.74) is 0.838. The highest BCUT2D eigenvalue weighted by molar-refractivity contribution is 7.93. The highest BCUT2D eigenvalue weighted by atomic mass is 32.2. The van der Waals surface area contributed by atoms with Gasteiger partial charge in [0.1, 0.15) is 4.75 Å². The number of hydrogen-bond donors (Lipinski definition) is 0. The van der Waals surface area contributed by atoms with Gasteiger partial charge in [0.15, 0.2) is 9.84 Å². The maximum Gasteiger partial charge on any atom is 0.226 e. The normalized spacial score (nSPS) is 31.7. The quantitative estimate of drug-likeness (QED) is 0.786. The molecule has 1 spiro atoms. The van der Waals surface area contributed by atoms with Gasteiger partial charge in [-0.05, 0) is 30.9 Å². The molecule has 4 rings (SSSR count). The highest BCUT2D eigenvalue weighted by Crippen LogP contribution is 2.47. The van der Waals surface area contributed by atoms with Gasteiger partial charge in [0, 0.05) is 31.1 Å². The van der Waals surface area contributed by atoms with Gasteiger partial charge in [-0.2, -0.15) is 0 Å². The van der Waals surface area contributed by atoms with Crippen LogP contribution in [0, 0.1) is 17.8 Å². The van der Waals surface area contributed by atoms with Crippen molar-refractivity contribution in [1.82, 2.24) is 9.88 Å². The summed E-state index contributed by atoms with van der Waals surface area (Å²) in [5.74, 6) is 0.851. The fraction of sp³-hybridized carbons (Fsp3) is 0.667. The second kappa shape index (κ2) is 6.06. The van der Waals surface area contributed by atoms with Crippen molar-refractivity contribution < 1.29 is 17.9 Å². The fourth-order valence-electron chi connectivity index (χ4n) is 4.15. The Labute approximate surface area is 148 Å². The van der Waals surface area contributed by atoms with Crippen molar-refractivity contribution in [2.45, 2.75) is 31.1 Å². The van der Waals surface area contributed by atoms with Gasteiger partial charge in [-0.3, -0.25) is 9.78 Å². The predicted molar refractivity (Wildman–Crippen MR) is 92.4 cm³/mol. The minimum absolute atomic E-state index is 0.0399. The zero-order chi connectivity index (χ0) is 17.7. The Hall–Kier alpha value is -1.47. The summed E-state index contributed by atoms with van der Waals surface area (Å²) >= 11 is 0. The molecular weight excluding hydrogens is 340 g/mol. The average molecular weight is 364 g/mol. The number of sulfone groups is 1. The molecule has 3 unspecified atom stereocenters. The standard InChI is InChI=1S/C18H24N2O4S/c1-13-8-16(13)17(21)20-11-18(12-20)14(5-7-25(18,22)23)9-24-10-15-4-2-3-6-19-15/h2-4,6,13-14,16H,5,7-12H2,1H3. The molecule has 1 saturated carbocycles. The number of hydrogen-bond acceptors (Lipinski definition) is 5. The number of carbonyl (C=O) groups is 1. The highest BCUT2D eigenvalue weighted by Gasteiger charge is 2.63. The first kappa shape index (κ1) is 17.0. The average Bonchev–Trinajstić information content (AvgIpc) is 3.21. The van der Waals surface area contributed by atoms with E-state index in [0.717, 1.165) is 12.1 Å². The van der Waals surface area contributed by atoms with Gasteiger partial charge in [0.05, 0.1) is 24.7 Å². The molecule has 136 valence electrons. The molecule has 1 aliphatic carbocycles. The van der Waals surface area contributed by atoms with Crippen LogP contribution < -0.4 is 0 Å². The predicted octanol–water partition coefficient (Wildman–Crippen LogP) is 1.27. The largest absolute Gasteiger partial charge is 0.375 e. The van der Waals surface area contributed by atoms with E-state index in [1.54, 1.807) is 11.1 Å². The first-order valence-electron chi connectivity index (χ1n) is 8.92. The second-order valence-corrected chi connectivity index (χ2v) is 10.2. The third kappa shape index (κ3) is 2.87. The SMILES string of the molecule is CC1CC1C(=O)N1CC2(C1)C(COCc1ccccn1)CCS2(=O)=O. The minimum atomic E-state index is -3.17. The van der Waals surface area contributed by atoms with Crippen molar-refractivity contribution in [3.63, 3.8) is 0 Å². The molecule has 0 N–H and O–H groups in total. The molecule has 1 amide bonds. The van der Waals surface area contributed by atoms with E-state index in [0.29, 0.717) is 38.6 Å². The molecule has 6 nitrogen and oxygen atoms in total. The first-order valence-corrected chi connectivity index (χ1v) is 10.6. The van der Waals surface area contributed by atoms with Gasteiger partial charge >= 0.3 is 0 Å². The molecule has 1 aromatic rings. The summed E-state index contributed by atoms with van der Waals surface area (Å²) in [7, 11) is -3.17. The zero-order valence-electron chi connectivity index (χ0n) is 14.4. The van der Waals surface area contributed by atoms with Crippen LogP contribution in [0.1, 0.15) is 25.5 Å². The molecule has 3 fully saturated rings. The van der Waals surface area contributed by atoms with E-state index in [-0.39, 0.29) is 23.5 Å². The molecule has 7 heteroatoms. The molecule has 0 radical (unpaired) electrons. The molecule has 2 aliphatic heterocycles. The smallest absolute Gasteiger partial charge is 0.226 e. The van der Waals surface area contributed by atoms with Crippen molar-refractivity contribution in [3.05, 3.63) is 30.1 Å². The van der Waals surface area contributed by atoms with Crippen LogP contribution in [0.2, 0.25) is 0 Å². The Balaban J connectivity index is 1.38. The van der Waals surface area contributed by atoms with Gasteiger partial charge in [0.2, 0.25) is 5.91 Å². The van der Waals surface area contributed by atoms with Crippen molar-refractivity contribution in [3.8, 4) is 0 Å². The van der Waals surface area contributed by atoms with Crippen LogP contribution >= 0.6 is 0 Å². The lowest BCUT2D eigenvalue weighted by molar-refractivity contribution is -0.139. The topological polar surface area (TPSA) is 76.6 Å². The van der Waals surface area contributed by atoms with Crippen LogP contribution in [0.4, 0.5) is 0 Å². The van der Waals surface area contributed by atoms with Gasteiger partial charge in [-0.15, -0.1) is 0 Å². The summed E-state index contributed by atoms with van der Waals surface area (Å²) in [6, 6.07) is 5.64. The fourth-order valence-corrected chi connectivity index (χ4v) is 6.55. The molecule has 3 heterocycles. The van der Waals surface area contributed by atoms with E-state index in [4.69, 9.17) is 4.74 Å². The lowest BCUT2D eigenvalue weighted by Crippen LogP contribution is -2.69. The Morgan fingerprint density at radius 3 is 2.80 bits per heavy atom. The Morgan fingerprint density at radius 1 is 1.40 bits per heavy atom. The minimum Gasteiger partial charge on any atom is -0.375 e. The van der Waals surface area contributed by atoms with E-state index in [9.17, 15) is 13.2 Å². The van der Waals surface area contributed by atoms with E-state index >= 15 is 0 Å². The van der Waals surface area contributed by atoms with Crippen molar-refractivity contribution in [2.24, 2.45) is 17.8 Å². The van der Waals surface area contributed by atoms with E-state index in [2.05, 4.69) is 11.9 Å². The number of ether oxygens (including phenoxy) is 1. The lowest BCUT2D eigenvalue weighted by atomic mass is 9.83. The monoisotopic (exact) mass is 364 g/mol. The molecule has 1 aromatic heterocycles. The number of likely N-dealkylation sites (tertiary alicyclic amines) is 1. The van der Waals surface area contributed by atoms with Crippen LogP contribution in [0.15, 0.2) is 24.4 Å². The molecular formula is C18H24N2O4S. The summed E-state index contributed by atoms with van der Waals surface area (Å²) in [4.78, 5) is 18.3. The van der Waals surface area contributed by atoms with Gasteiger partial charge in [-0.1, -0.05) is 13.0 Å². The van der Waals surface area contributed by atoms with Crippen LogP contribution in [0.25, 0.3) is 0 Å². The molecule has 3 aliphatic rings. The van der Waals surface area contributed by atoms with Crippen LogP contribution in [0.5, 0.6) is 0 Å². The summed E-state index contributed by atoms with van der Waals surface area (Å²) in [6.45, 7) is 3.54. The number of pyridine rings is 1. The molecule has 0 bridgehead atoms. The summed E-state index contributed by atoms with van der Waals surface area (Å²) in [5, 5.41) is 0. The molecule has 25 heavy (non-hydrogen) atoms. The van der Waals surface area contributed by atoms with Crippen LogP contribution in [-0.2, 0) is 26.0 Å². The maximum atomic E-state index is 12.6. The first-order chi connectivity index (χ1) is 11.9. The Kier molecular flexibility index (Phi) is 4.11.